The van der Waals surface area contributed by atoms with E-state index in [2.05, 4.69) is 47.9 Å². The second-order valence-corrected chi connectivity index (χ2v) is 7.55. The van der Waals surface area contributed by atoms with Crippen LogP contribution in [0.15, 0.2) is 28.0 Å². The van der Waals surface area contributed by atoms with Gasteiger partial charge in [0.25, 0.3) is 0 Å². The zero-order valence-electron chi connectivity index (χ0n) is 13.9. The summed E-state index contributed by atoms with van der Waals surface area (Å²) in [5.41, 5.74) is 0. The molecule has 0 aromatic carbocycles. The number of amides is 1. The standard InChI is InChI=1S/C16H20BrN5O2S/c1-2-14-20-21-16(22(14)9-12-4-3-7-24-12)25-10-15(23)19-13-6-5-11(17)8-18-13/h5-6,8,12H,2-4,7,9-10H2,1H3,(H,18,19,23)/t12-/m1/s1. The molecular formula is C16H20BrN5O2S. The highest BCUT2D eigenvalue weighted by Gasteiger charge is 2.21. The minimum absolute atomic E-state index is 0.121. The van der Waals surface area contributed by atoms with Crippen LogP contribution in [0.1, 0.15) is 25.6 Å². The van der Waals surface area contributed by atoms with Gasteiger partial charge in [-0.2, -0.15) is 0 Å². The summed E-state index contributed by atoms with van der Waals surface area (Å²) in [6, 6.07) is 3.59. The Labute approximate surface area is 159 Å². The summed E-state index contributed by atoms with van der Waals surface area (Å²) in [7, 11) is 0. The maximum absolute atomic E-state index is 12.1. The van der Waals surface area contributed by atoms with Gasteiger partial charge in [-0.15, -0.1) is 10.2 Å². The van der Waals surface area contributed by atoms with E-state index in [0.717, 1.165) is 47.9 Å². The molecule has 2 aromatic rings. The first-order valence-electron chi connectivity index (χ1n) is 8.23. The molecule has 0 bridgehead atoms. The highest BCUT2D eigenvalue weighted by molar-refractivity contribution is 9.10. The summed E-state index contributed by atoms with van der Waals surface area (Å²) >= 11 is 4.70. The highest BCUT2D eigenvalue weighted by Crippen LogP contribution is 2.22. The Bertz CT molecular complexity index is 716. The second kappa shape index (κ2) is 8.77. The van der Waals surface area contributed by atoms with Gasteiger partial charge in [-0.05, 0) is 40.9 Å². The number of rotatable bonds is 7. The van der Waals surface area contributed by atoms with Crippen LogP contribution in [0.4, 0.5) is 5.82 Å². The van der Waals surface area contributed by atoms with Crippen molar-refractivity contribution in [3.8, 4) is 0 Å². The largest absolute Gasteiger partial charge is 0.376 e. The van der Waals surface area contributed by atoms with Crippen molar-refractivity contribution < 1.29 is 9.53 Å². The Hall–Kier alpha value is -1.45. The molecule has 0 saturated carbocycles. The van der Waals surface area contributed by atoms with Gasteiger partial charge in [0.1, 0.15) is 11.6 Å². The topological polar surface area (TPSA) is 81.9 Å². The number of carbonyl (C=O) groups excluding carboxylic acids is 1. The molecule has 1 fully saturated rings. The van der Waals surface area contributed by atoms with E-state index < -0.39 is 0 Å². The number of anilines is 1. The van der Waals surface area contributed by atoms with Gasteiger partial charge in [-0.3, -0.25) is 4.79 Å². The molecule has 25 heavy (non-hydrogen) atoms. The second-order valence-electron chi connectivity index (χ2n) is 5.70. The average molecular weight is 426 g/mol. The predicted molar refractivity (Wildman–Crippen MR) is 99.7 cm³/mol. The SMILES string of the molecule is CCc1nnc(SCC(=O)Nc2ccc(Br)cn2)n1C[C@H]1CCCO1. The third-order valence-corrected chi connectivity index (χ3v) is 5.28. The van der Waals surface area contributed by atoms with E-state index in [4.69, 9.17) is 4.74 Å². The lowest BCUT2D eigenvalue weighted by Crippen LogP contribution is -2.19. The average Bonchev–Trinajstić information content (AvgIpc) is 3.25. The molecule has 1 atom stereocenters. The number of ether oxygens (including phenoxy) is 1. The molecule has 1 saturated heterocycles. The van der Waals surface area contributed by atoms with Gasteiger partial charge in [-0.1, -0.05) is 18.7 Å². The third-order valence-electron chi connectivity index (χ3n) is 3.85. The number of nitrogens with one attached hydrogen (secondary N) is 1. The zero-order valence-corrected chi connectivity index (χ0v) is 16.3. The van der Waals surface area contributed by atoms with Crippen molar-refractivity contribution >= 4 is 39.4 Å². The first-order chi connectivity index (χ1) is 12.2. The van der Waals surface area contributed by atoms with Gasteiger partial charge >= 0.3 is 0 Å². The van der Waals surface area contributed by atoms with Crippen LogP contribution in [-0.2, 0) is 22.5 Å². The smallest absolute Gasteiger partial charge is 0.236 e. The van der Waals surface area contributed by atoms with E-state index in [9.17, 15) is 4.79 Å². The fourth-order valence-electron chi connectivity index (χ4n) is 2.62. The van der Waals surface area contributed by atoms with Gasteiger partial charge in [0.05, 0.1) is 18.4 Å². The predicted octanol–water partition coefficient (Wildman–Crippen LogP) is 2.91. The van der Waals surface area contributed by atoms with E-state index >= 15 is 0 Å². The van der Waals surface area contributed by atoms with E-state index in [1.807, 2.05) is 6.07 Å². The normalized spacial score (nSPS) is 17.0. The van der Waals surface area contributed by atoms with Crippen LogP contribution < -0.4 is 5.32 Å². The lowest BCUT2D eigenvalue weighted by Gasteiger charge is -2.14. The van der Waals surface area contributed by atoms with Gasteiger partial charge in [0.15, 0.2) is 5.16 Å². The highest BCUT2D eigenvalue weighted by atomic mass is 79.9. The van der Waals surface area contributed by atoms with Crippen molar-refractivity contribution in [1.29, 1.82) is 0 Å². The number of pyridine rings is 1. The molecular weight excluding hydrogens is 406 g/mol. The molecule has 134 valence electrons. The first-order valence-corrected chi connectivity index (χ1v) is 10.0. The molecule has 1 N–H and O–H groups in total. The molecule has 1 aliphatic heterocycles. The van der Waals surface area contributed by atoms with Gasteiger partial charge in [-0.25, -0.2) is 4.98 Å². The number of thioether (sulfide) groups is 1. The summed E-state index contributed by atoms with van der Waals surface area (Å²) in [5.74, 6) is 1.59. The molecule has 3 rings (SSSR count). The molecule has 3 heterocycles. The number of carbonyl (C=O) groups is 1. The molecule has 0 aliphatic carbocycles. The van der Waals surface area contributed by atoms with Crippen LogP contribution >= 0.6 is 27.7 Å². The number of aryl methyl sites for hydroxylation is 1. The molecule has 0 spiro atoms. The number of aromatic nitrogens is 4. The summed E-state index contributed by atoms with van der Waals surface area (Å²) in [6.45, 7) is 3.62. The van der Waals surface area contributed by atoms with E-state index in [1.165, 1.54) is 11.8 Å². The van der Waals surface area contributed by atoms with Crippen molar-refractivity contribution in [1.82, 2.24) is 19.7 Å². The van der Waals surface area contributed by atoms with E-state index in [-0.39, 0.29) is 17.8 Å². The molecule has 1 aliphatic rings. The van der Waals surface area contributed by atoms with Crippen LogP contribution in [0.2, 0.25) is 0 Å². The number of halogens is 1. The van der Waals surface area contributed by atoms with Crippen LogP contribution in [0.3, 0.4) is 0 Å². The van der Waals surface area contributed by atoms with Crippen LogP contribution in [-0.4, -0.2) is 44.1 Å². The van der Waals surface area contributed by atoms with E-state index in [0.29, 0.717) is 5.82 Å². The molecule has 2 aromatic heterocycles. The Morgan fingerprint density at radius 2 is 2.36 bits per heavy atom. The van der Waals surface area contributed by atoms with Crippen molar-refractivity contribution in [2.75, 3.05) is 17.7 Å². The lowest BCUT2D eigenvalue weighted by atomic mass is 10.2. The molecule has 0 radical (unpaired) electrons. The van der Waals surface area contributed by atoms with Crippen LogP contribution in [0.25, 0.3) is 0 Å². The fraction of sp³-hybridized carbons (Fsp3) is 0.500. The maximum atomic E-state index is 12.1. The molecule has 9 heteroatoms. The lowest BCUT2D eigenvalue weighted by molar-refractivity contribution is -0.113. The third kappa shape index (κ3) is 5.02. The summed E-state index contributed by atoms with van der Waals surface area (Å²) in [4.78, 5) is 16.3. The molecule has 1 amide bonds. The first kappa shape index (κ1) is 18.3. The van der Waals surface area contributed by atoms with Crippen LogP contribution in [0, 0.1) is 0 Å². The Morgan fingerprint density at radius 1 is 1.48 bits per heavy atom. The Balaban J connectivity index is 1.59. The summed E-state index contributed by atoms with van der Waals surface area (Å²) < 4.78 is 8.66. The van der Waals surface area contributed by atoms with Gasteiger partial charge < -0.3 is 14.6 Å². The number of nitrogens with zero attached hydrogens (tertiary/aromatic N) is 4. The van der Waals surface area contributed by atoms with Crippen LogP contribution in [0.5, 0.6) is 0 Å². The quantitative estimate of drug-likeness (QED) is 0.686. The Morgan fingerprint density at radius 3 is 3.04 bits per heavy atom. The summed E-state index contributed by atoms with van der Waals surface area (Å²) in [6.07, 6.45) is 4.81. The maximum Gasteiger partial charge on any atom is 0.236 e. The van der Waals surface area contributed by atoms with E-state index in [1.54, 1.807) is 12.3 Å². The molecule has 0 unspecified atom stereocenters. The monoisotopic (exact) mass is 425 g/mol. The van der Waals surface area contributed by atoms with Crippen molar-refractivity contribution in [3.63, 3.8) is 0 Å². The van der Waals surface area contributed by atoms with Gasteiger partial charge in [0.2, 0.25) is 5.91 Å². The molecule has 7 nitrogen and oxygen atoms in total. The minimum Gasteiger partial charge on any atom is -0.376 e. The van der Waals surface area contributed by atoms with Crippen molar-refractivity contribution in [2.24, 2.45) is 0 Å². The summed E-state index contributed by atoms with van der Waals surface area (Å²) in [5, 5.41) is 12.0. The van der Waals surface area contributed by atoms with Crippen molar-refractivity contribution in [2.45, 2.75) is 44.0 Å². The fourth-order valence-corrected chi connectivity index (χ4v) is 3.62. The van der Waals surface area contributed by atoms with Gasteiger partial charge in [0, 0.05) is 23.7 Å². The Kier molecular flexibility index (Phi) is 6.44. The minimum atomic E-state index is -0.121. The number of hydrogen-bond acceptors (Lipinski definition) is 6. The van der Waals surface area contributed by atoms with Crippen molar-refractivity contribution in [3.05, 3.63) is 28.6 Å². The number of hydrogen-bond donors (Lipinski definition) is 1. The zero-order chi connectivity index (χ0) is 17.6.